The summed E-state index contributed by atoms with van der Waals surface area (Å²) in [6, 6.07) is 0. The van der Waals surface area contributed by atoms with Crippen LogP contribution in [0.5, 0.6) is 0 Å². The molecule has 1 heterocycles. The number of carbonyl (C=O) groups excluding carboxylic acids is 2. The zero-order valence-corrected chi connectivity index (χ0v) is 20.4. The molecular weight excluding hydrogens is 448 g/mol. The number of esters is 2. The minimum absolute atomic E-state index is 0.131. The Kier molecular flexibility index (Phi) is 16.2. The fraction of sp³-hybridized carbons (Fsp3) is 0.429. The molecule has 0 bridgehead atoms. The summed E-state index contributed by atoms with van der Waals surface area (Å²) in [6.45, 7) is 1.67. The van der Waals surface area contributed by atoms with E-state index in [0.717, 1.165) is 38.5 Å². The third-order valence-corrected chi connectivity index (χ3v) is 4.82. The van der Waals surface area contributed by atoms with E-state index in [1.54, 1.807) is 0 Å². The van der Waals surface area contributed by atoms with Gasteiger partial charge in [0, 0.05) is 6.42 Å². The maximum atomic E-state index is 11.7. The van der Waals surface area contributed by atoms with Crippen molar-refractivity contribution in [1.82, 2.24) is 0 Å². The molecule has 0 aliphatic carbocycles. The zero-order valence-electron chi connectivity index (χ0n) is 20.4. The molecule has 192 valence electrons. The molecule has 0 aromatic heterocycles. The molecule has 1 rings (SSSR count). The van der Waals surface area contributed by atoms with Gasteiger partial charge in [-0.2, -0.15) is 0 Å². The molecule has 0 fully saturated rings. The second-order valence-corrected chi connectivity index (χ2v) is 7.76. The molecule has 0 spiro atoms. The zero-order chi connectivity index (χ0) is 25.7. The van der Waals surface area contributed by atoms with Gasteiger partial charge in [0.1, 0.15) is 12.7 Å². The Morgan fingerprint density at radius 1 is 0.857 bits per heavy atom. The first kappa shape index (κ1) is 29.7. The van der Waals surface area contributed by atoms with Gasteiger partial charge in [0.05, 0.1) is 0 Å². The average molecular weight is 487 g/mol. The maximum absolute atomic E-state index is 11.7. The first-order valence-electron chi connectivity index (χ1n) is 12.0. The molecule has 7 nitrogen and oxygen atoms in total. The van der Waals surface area contributed by atoms with E-state index in [-0.39, 0.29) is 6.42 Å². The third kappa shape index (κ3) is 13.9. The maximum Gasteiger partial charge on any atom is 0.377 e. The van der Waals surface area contributed by atoms with Crippen molar-refractivity contribution in [2.24, 2.45) is 0 Å². The highest BCUT2D eigenvalue weighted by atomic mass is 16.6. The lowest BCUT2D eigenvalue weighted by atomic mass is 10.2. The standard InChI is InChI=1S/C28H38O7/c1-2-3-4-5-6-7-8-9-10-11-12-13-14-15-16-17-18-19-20-21-24(30)34-22-23(29)27-25(31)26(32)28(33)35-27/h3-4,6-7,9-10,12-13,15-16,18-19,23,27,29,31-32H,2,5,8,11,14,17,20-22H2,1H3/b4-3-,7-6-,10-9-,13-12-,16-15-,19-18-. The minimum Gasteiger partial charge on any atom is -0.505 e. The second-order valence-electron chi connectivity index (χ2n) is 7.76. The highest BCUT2D eigenvalue weighted by molar-refractivity contribution is 5.89. The Balaban J connectivity index is 2.04. The Morgan fingerprint density at radius 2 is 1.31 bits per heavy atom. The van der Waals surface area contributed by atoms with Crippen LogP contribution < -0.4 is 0 Å². The summed E-state index contributed by atoms with van der Waals surface area (Å²) in [5.74, 6) is -3.37. The van der Waals surface area contributed by atoms with E-state index < -0.39 is 42.3 Å². The van der Waals surface area contributed by atoms with E-state index in [1.165, 1.54) is 0 Å². The van der Waals surface area contributed by atoms with Gasteiger partial charge in [-0.25, -0.2) is 4.79 Å². The van der Waals surface area contributed by atoms with Gasteiger partial charge in [-0.15, -0.1) is 0 Å². The van der Waals surface area contributed by atoms with Gasteiger partial charge in [0.25, 0.3) is 0 Å². The molecule has 2 atom stereocenters. The van der Waals surface area contributed by atoms with Crippen LogP contribution in [-0.2, 0) is 19.1 Å². The summed E-state index contributed by atoms with van der Waals surface area (Å²) >= 11 is 0. The van der Waals surface area contributed by atoms with Crippen LogP contribution >= 0.6 is 0 Å². The third-order valence-electron chi connectivity index (χ3n) is 4.82. The predicted molar refractivity (Wildman–Crippen MR) is 137 cm³/mol. The quantitative estimate of drug-likeness (QED) is 0.181. The number of cyclic esters (lactones) is 1. The predicted octanol–water partition coefficient (Wildman–Crippen LogP) is 5.62. The monoisotopic (exact) mass is 486 g/mol. The Morgan fingerprint density at radius 3 is 1.74 bits per heavy atom. The number of hydrogen-bond donors (Lipinski definition) is 3. The lowest BCUT2D eigenvalue weighted by molar-refractivity contribution is -0.154. The van der Waals surface area contributed by atoms with Crippen LogP contribution in [0.25, 0.3) is 0 Å². The molecule has 0 amide bonds. The topological polar surface area (TPSA) is 113 Å². The van der Waals surface area contributed by atoms with Crippen molar-refractivity contribution in [1.29, 1.82) is 0 Å². The second kappa shape index (κ2) is 19.0. The molecule has 2 unspecified atom stereocenters. The number of aliphatic hydroxyl groups excluding tert-OH is 3. The van der Waals surface area contributed by atoms with Crippen LogP contribution in [-0.4, -0.2) is 46.1 Å². The summed E-state index contributed by atoms with van der Waals surface area (Å²) in [5, 5.41) is 28.5. The van der Waals surface area contributed by atoms with Gasteiger partial charge in [-0.1, -0.05) is 79.8 Å². The number of ether oxygens (including phenoxy) is 2. The first-order chi connectivity index (χ1) is 17.0. The summed E-state index contributed by atoms with van der Waals surface area (Å²) in [7, 11) is 0. The first-order valence-corrected chi connectivity index (χ1v) is 12.0. The Bertz CT molecular complexity index is 843. The molecule has 0 saturated heterocycles. The van der Waals surface area contributed by atoms with E-state index in [2.05, 4.69) is 72.4 Å². The van der Waals surface area contributed by atoms with E-state index in [4.69, 9.17) is 4.74 Å². The van der Waals surface area contributed by atoms with Crippen LogP contribution in [0, 0.1) is 0 Å². The molecule has 3 N–H and O–H groups in total. The van der Waals surface area contributed by atoms with Crippen molar-refractivity contribution in [2.45, 2.75) is 70.5 Å². The van der Waals surface area contributed by atoms with Crippen LogP contribution in [0.1, 0.15) is 58.3 Å². The summed E-state index contributed by atoms with van der Waals surface area (Å²) in [4.78, 5) is 22.8. The van der Waals surface area contributed by atoms with Gasteiger partial charge in [-0.3, -0.25) is 4.79 Å². The molecule has 1 aliphatic rings. The SMILES string of the molecule is CC/C=C\C/C=C\C/C=C\C/C=C\C/C=C\C/C=C\CCC(=O)OCC(O)C1OC(=O)C(O)=C1O. The van der Waals surface area contributed by atoms with Gasteiger partial charge in [0.2, 0.25) is 5.76 Å². The molecule has 0 radical (unpaired) electrons. The summed E-state index contributed by atoms with van der Waals surface area (Å²) in [5.41, 5.74) is 0. The number of carbonyl (C=O) groups is 2. The van der Waals surface area contributed by atoms with Crippen LogP contribution in [0.15, 0.2) is 84.4 Å². The largest absolute Gasteiger partial charge is 0.505 e. The number of aliphatic hydroxyl groups is 3. The smallest absolute Gasteiger partial charge is 0.377 e. The molecule has 0 saturated carbocycles. The summed E-state index contributed by atoms with van der Waals surface area (Å²) in [6.07, 6.45) is 28.6. The number of allylic oxidation sites excluding steroid dienone is 12. The van der Waals surface area contributed by atoms with Crippen molar-refractivity contribution in [2.75, 3.05) is 6.61 Å². The normalized spacial score (nSPS) is 17.9. The average Bonchev–Trinajstić information content (AvgIpc) is 3.11. The van der Waals surface area contributed by atoms with Gasteiger partial charge < -0.3 is 24.8 Å². The van der Waals surface area contributed by atoms with E-state index in [0.29, 0.717) is 6.42 Å². The van der Waals surface area contributed by atoms with Gasteiger partial charge >= 0.3 is 11.9 Å². The fourth-order valence-corrected chi connectivity index (χ4v) is 2.91. The lowest BCUT2D eigenvalue weighted by Gasteiger charge is -2.16. The molecule has 35 heavy (non-hydrogen) atoms. The van der Waals surface area contributed by atoms with E-state index in [1.807, 2.05) is 12.2 Å². The highest BCUT2D eigenvalue weighted by Crippen LogP contribution is 2.21. The van der Waals surface area contributed by atoms with E-state index >= 15 is 0 Å². The van der Waals surface area contributed by atoms with E-state index in [9.17, 15) is 24.9 Å². The fourth-order valence-electron chi connectivity index (χ4n) is 2.91. The Hall–Kier alpha value is -3.32. The van der Waals surface area contributed by atoms with Crippen molar-refractivity contribution in [3.8, 4) is 0 Å². The van der Waals surface area contributed by atoms with Crippen molar-refractivity contribution in [3.05, 3.63) is 84.4 Å². The van der Waals surface area contributed by atoms with Gasteiger partial charge in [-0.05, 0) is 44.9 Å². The van der Waals surface area contributed by atoms with Gasteiger partial charge in [0.15, 0.2) is 11.9 Å². The molecule has 0 aromatic carbocycles. The van der Waals surface area contributed by atoms with Crippen LogP contribution in [0.4, 0.5) is 0 Å². The van der Waals surface area contributed by atoms with Crippen LogP contribution in [0.3, 0.4) is 0 Å². The highest BCUT2D eigenvalue weighted by Gasteiger charge is 2.39. The molecule has 0 aromatic rings. The van der Waals surface area contributed by atoms with Crippen molar-refractivity contribution >= 4 is 11.9 Å². The minimum atomic E-state index is -1.46. The lowest BCUT2D eigenvalue weighted by Crippen LogP contribution is -2.33. The molecule has 7 heteroatoms. The van der Waals surface area contributed by atoms with Crippen molar-refractivity contribution in [3.63, 3.8) is 0 Å². The van der Waals surface area contributed by atoms with Crippen molar-refractivity contribution < 1.29 is 34.4 Å². The Labute approximate surface area is 208 Å². The summed E-state index contributed by atoms with van der Waals surface area (Å²) < 4.78 is 9.51. The molecular formula is C28H38O7. The number of hydrogen-bond acceptors (Lipinski definition) is 7. The van der Waals surface area contributed by atoms with Crippen LogP contribution in [0.2, 0.25) is 0 Å². The number of rotatable bonds is 17. The molecule has 1 aliphatic heterocycles.